The summed E-state index contributed by atoms with van der Waals surface area (Å²) in [5, 5.41) is 10.6. The summed E-state index contributed by atoms with van der Waals surface area (Å²) in [6.45, 7) is 9.39. The highest BCUT2D eigenvalue weighted by atomic mass is 31.2. The van der Waals surface area contributed by atoms with Crippen molar-refractivity contribution in [3.05, 3.63) is 0 Å². The summed E-state index contributed by atoms with van der Waals surface area (Å²) in [4.78, 5) is 72.5. The molecule has 5 atom stereocenters. The molecule has 3 N–H and O–H groups in total. The highest BCUT2D eigenvalue weighted by Crippen LogP contribution is 2.45. The molecule has 0 aliphatic heterocycles. The van der Waals surface area contributed by atoms with Crippen LogP contribution < -0.4 is 0 Å². The van der Waals surface area contributed by atoms with Crippen LogP contribution >= 0.6 is 15.6 Å². The number of hydrogen-bond donors (Lipinski definition) is 3. The Morgan fingerprint density at radius 2 is 0.505 bits per heavy atom. The number of ether oxygens (including phenoxy) is 4. The molecule has 91 heavy (non-hydrogen) atoms. The second-order valence-electron chi connectivity index (χ2n) is 26.9. The number of aliphatic hydroxyl groups excluding tert-OH is 1. The van der Waals surface area contributed by atoms with Crippen molar-refractivity contribution in [2.75, 3.05) is 39.6 Å². The molecule has 0 spiro atoms. The number of phosphoric acid groups is 2. The molecule has 0 saturated heterocycles. The van der Waals surface area contributed by atoms with E-state index in [-0.39, 0.29) is 25.7 Å². The van der Waals surface area contributed by atoms with Gasteiger partial charge in [0.05, 0.1) is 26.4 Å². The molecule has 0 rings (SSSR count). The molecule has 0 aliphatic carbocycles. The first-order valence-corrected chi connectivity index (χ1v) is 40.5. The van der Waals surface area contributed by atoms with E-state index in [4.69, 9.17) is 37.0 Å². The molecule has 0 heterocycles. The molecule has 0 aromatic carbocycles. The second kappa shape index (κ2) is 64.1. The first-order chi connectivity index (χ1) is 43.9. The van der Waals surface area contributed by atoms with Crippen LogP contribution in [0.3, 0.4) is 0 Å². The van der Waals surface area contributed by atoms with Crippen molar-refractivity contribution in [1.29, 1.82) is 0 Å². The van der Waals surface area contributed by atoms with E-state index >= 15 is 0 Å². The molecular weight excluding hydrogens is 1200 g/mol. The molecule has 2 unspecified atom stereocenters. The fraction of sp³-hybridized carbons (Fsp3) is 0.944. The number of aliphatic hydroxyl groups is 1. The first kappa shape index (κ1) is 89.1. The van der Waals surface area contributed by atoms with E-state index < -0.39 is 97.5 Å². The van der Waals surface area contributed by atoms with Crippen LogP contribution in [-0.4, -0.2) is 96.7 Å². The summed E-state index contributed by atoms with van der Waals surface area (Å²) in [6, 6.07) is 0. The van der Waals surface area contributed by atoms with Crippen LogP contribution in [0.2, 0.25) is 0 Å². The lowest BCUT2D eigenvalue weighted by Gasteiger charge is -2.21. The lowest BCUT2D eigenvalue weighted by atomic mass is 10.0. The fourth-order valence-electron chi connectivity index (χ4n) is 10.9. The van der Waals surface area contributed by atoms with Crippen LogP contribution in [0.5, 0.6) is 0 Å². The van der Waals surface area contributed by atoms with Gasteiger partial charge in [0.2, 0.25) is 0 Å². The Hall–Kier alpha value is -1.94. The molecule has 0 bridgehead atoms. The van der Waals surface area contributed by atoms with Crippen LogP contribution in [0.25, 0.3) is 0 Å². The summed E-state index contributed by atoms with van der Waals surface area (Å²) in [6.07, 6.45) is 50.4. The molecule has 17 nitrogen and oxygen atoms in total. The summed E-state index contributed by atoms with van der Waals surface area (Å²) in [7, 11) is -9.90. The average molecular weight is 1340 g/mol. The fourth-order valence-corrected chi connectivity index (χ4v) is 12.5. The number of unbranched alkanes of at least 4 members (excludes halogenated alkanes) is 41. The summed E-state index contributed by atoms with van der Waals surface area (Å²) >= 11 is 0. The van der Waals surface area contributed by atoms with Gasteiger partial charge in [-0.15, -0.1) is 0 Å². The van der Waals surface area contributed by atoms with E-state index in [9.17, 15) is 43.2 Å². The van der Waals surface area contributed by atoms with Gasteiger partial charge < -0.3 is 33.8 Å². The minimum atomic E-state index is -4.95. The van der Waals surface area contributed by atoms with Gasteiger partial charge in [-0.1, -0.05) is 318 Å². The number of hydrogen-bond acceptors (Lipinski definition) is 15. The van der Waals surface area contributed by atoms with E-state index in [0.717, 1.165) is 96.3 Å². The molecule has 0 fully saturated rings. The minimum Gasteiger partial charge on any atom is -0.462 e. The molecule has 540 valence electrons. The van der Waals surface area contributed by atoms with Crippen molar-refractivity contribution >= 4 is 39.5 Å². The maximum Gasteiger partial charge on any atom is 0.472 e. The van der Waals surface area contributed by atoms with Gasteiger partial charge in [-0.3, -0.25) is 37.3 Å². The Kier molecular flexibility index (Phi) is 62.7. The molecule has 0 saturated carbocycles. The minimum absolute atomic E-state index is 0.101. The number of rotatable bonds is 71. The van der Waals surface area contributed by atoms with Crippen molar-refractivity contribution in [1.82, 2.24) is 0 Å². The molecule has 0 aromatic rings. The van der Waals surface area contributed by atoms with Gasteiger partial charge in [0.25, 0.3) is 0 Å². The van der Waals surface area contributed by atoms with Crippen LogP contribution in [0.1, 0.15) is 369 Å². The SMILES string of the molecule is CCCCCCCCCCCCCCCCCCCCCC(=O)O[C@H](COC(=O)CCCCCCCCCCCCCCCC)COP(=O)(O)OC[C@@H](O)COP(=O)(O)OC[C@@H](COC(=O)CCCCCCCCC(C)C)OC(=O)CCCCCCCCC(C)C. The second-order valence-corrected chi connectivity index (χ2v) is 29.8. The number of carbonyl (C=O) groups excluding carboxylic acids is 4. The Labute approximate surface area is 556 Å². The van der Waals surface area contributed by atoms with E-state index in [0.29, 0.717) is 37.5 Å². The van der Waals surface area contributed by atoms with Crippen LogP contribution in [-0.2, 0) is 65.4 Å². The standard InChI is InChI=1S/C72H140O17P2/c1-7-9-11-13-15-17-19-21-23-24-25-26-27-29-31-33-35-44-50-56-71(76)88-67(60-82-69(74)54-48-42-34-32-30-28-22-20-18-16-14-12-10-8-2)62-86-90(78,79)84-58-66(73)59-85-91(80,81)87-63-68(89-72(77)57-51-45-39-37-41-47-53-65(5)6)61-83-70(75)55-49-43-38-36-40-46-52-64(3)4/h64-68,73H,7-63H2,1-6H3,(H,78,79)(H,80,81)/t66-,67-,68-/m1/s1. The van der Waals surface area contributed by atoms with Crippen LogP contribution in [0.4, 0.5) is 0 Å². The van der Waals surface area contributed by atoms with Gasteiger partial charge in [0.1, 0.15) is 19.3 Å². The van der Waals surface area contributed by atoms with Crippen molar-refractivity contribution in [3.63, 3.8) is 0 Å². The predicted molar refractivity (Wildman–Crippen MR) is 368 cm³/mol. The summed E-state index contributed by atoms with van der Waals surface area (Å²) < 4.78 is 68.3. The number of carbonyl (C=O) groups is 4. The molecule has 0 aromatic heterocycles. The maximum absolute atomic E-state index is 13.0. The predicted octanol–water partition coefficient (Wildman–Crippen LogP) is 20.8. The Bertz CT molecular complexity index is 1770. The molecule has 0 aliphatic rings. The smallest absolute Gasteiger partial charge is 0.462 e. The van der Waals surface area contributed by atoms with Crippen molar-refractivity contribution < 1.29 is 80.2 Å². The Morgan fingerprint density at radius 1 is 0.297 bits per heavy atom. The van der Waals surface area contributed by atoms with Crippen molar-refractivity contribution in [2.45, 2.75) is 387 Å². The van der Waals surface area contributed by atoms with Crippen LogP contribution in [0.15, 0.2) is 0 Å². The highest BCUT2D eigenvalue weighted by Gasteiger charge is 2.30. The highest BCUT2D eigenvalue weighted by molar-refractivity contribution is 7.47. The average Bonchev–Trinajstić information content (AvgIpc) is 3.63. The zero-order valence-corrected chi connectivity index (χ0v) is 60.9. The maximum atomic E-state index is 13.0. The Balaban J connectivity index is 5.19. The molecule has 19 heteroatoms. The lowest BCUT2D eigenvalue weighted by molar-refractivity contribution is -0.161. The summed E-state index contributed by atoms with van der Waals surface area (Å²) in [5.74, 6) is -0.779. The quantitative estimate of drug-likeness (QED) is 0.0222. The van der Waals surface area contributed by atoms with Gasteiger partial charge in [-0.05, 0) is 37.5 Å². The molecular formula is C72H140O17P2. The lowest BCUT2D eigenvalue weighted by Crippen LogP contribution is -2.30. The number of esters is 4. The third-order valence-corrected chi connectivity index (χ3v) is 18.6. The van der Waals surface area contributed by atoms with Gasteiger partial charge in [-0.2, -0.15) is 0 Å². The zero-order chi connectivity index (χ0) is 67.2. The first-order valence-electron chi connectivity index (χ1n) is 37.5. The molecule has 0 amide bonds. The van der Waals surface area contributed by atoms with E-state index in [1.807, 2.05) is 0 Å². The third kappa shape index (κ3) is 66.5. The van der Waals surface area contributed by atoms with E-state index in [2.05, 4.69) is 41.5 Å². The van der Waals surface area contributed by atoms with Crippen molar-refractivity contribution in [2.24, 2.45) is 11.8 Å². The van der Waals surface area contributed by atoms with E-state index in [1.165, 1.54) is 180 Å². The molecule has 0 radical (unpaired) electrons. The van der Waals surface area contributed by atoms with Gasteiger partial charge in [-0.25, -0.2) is 9.13 Å². The van der Waals surface area contributed by atoms with E-state index in [1.54, 1.807) is 0 Å². The van der Waals surface area contributed by atoms with Crippen LogP contribution in [0, 0.1) is 11.8 Å². The third-order valence-electron chi connectivity index (χ3n) is 16.7. The number of phosphoric ester groups is 2. The largest absolute Gasteiger partial charge is 0.472 e. The normalized spacial score (nSPS) is 14.1. The van der Waals surface area contributed by atoms with Gasteiger partial charge in [0.15, 0.2) is 12.2 Å². The zero-order valence-electron chi connectivity index (χ0n) is 59.1. The van der Waals surface area contributed by atoms with Crippen molar-refractivity contribution in [3.8, 4) is 0 Å². The van der Waals surface area contributed by atoms with Gasteiger partial charge in [0, 0.05) is 25.7 Å². The monoisotopic (exact) mass is 1340 g/mol. The van der Waals surface area contributed by atoms with Gasteiger partial charge >= 0.3 is 39.5 Å². The Morgan fingerprint density at radius 3 is 0.747 bits per heavy atom. The summed E-state index contributed by atoms with van der Waals surface area (Å²) in [5.41, 5.74) is 0. The topological polar surface area (TPSA) is 237 Å².